The van der Waals surface area contributed by atoms with Crippen LogP contribution in [0.25, 0.3) is 0 Å². The molecule has 1 saturated heterocycles. The summed E-state index contributed by atoms with van der Waals surface area (Å²) in [6.45, 7) is 5.22. The van der Waals surface area contributed by atoms with Crippen LogP contribution in [0, 0.1) is 6.92 Å². The maximum absolute atomic E-state index is 11.5. The summed E-state index contributed by atoms with van der Waals surface area (Å²) in [6, 6.07) is 1.98. The van der Waals surface area contributed by atoms with Crippen LogP contribution in [-0.2, 0) is 4.79 Å². The van der Waals surface area contributed by atoms with Crippen molar-refractivity contribution < 1.29 is 4.79 Å². The zero-order valence-corrected chi connectivity index (χ0v) is 12.2. The van der Waals surface area contributed by atoms with Gasteiger partial charge in [-0.05, 0) is 19.8 Å². The van der Waals surface area contributed by atoms with Gasteiger partial charge in [-0.3, -0.25) is 4.79 Å². The Hall–Kier alpha value is -1.65. The number of carbonyl (C=O) groups excluding carboxylic acids is 1. The third-order valence-electron chi connectivity index (χ3n) is 3.55. The number of hydrogen-bond donors (Lipinski definition) is 0. The first-order valence-electron chi connectivity index (χ1n) is 6.76. The van der Waals surface area contributed by atoms with E-state index in [1.165, 1.54) is 0 Å². The topological polar surface area (TPSA) is 49.3 Å². The Morgan fingerprint density at radius 2 is 2.16 bits per heavy atom. The van der Waals surface area contributed by atoms with Gasteiger partial charge in [-0.2, -0.15) is 0 Å². The predicted molar refractivity (Wildman–Crippen MR) is 75.3 cm³/mol. The van der Waals surface area contributed by atoms with E-state index in [2.05, 4.69) is 9.97 Å². The van der Waals surface area contributed by atoms with E-state index in [9.17, 15) is 4.79 Å². The molecule has 19 heavy (non-hydrogen) atoms. The summed E-state index contributed by atoms with van der Waals surface area (Å²) in [5, 5.41) is 0. The van der Waals surface area contributed by atoms with Crippen LogP contribution in [0.3, 0.4) is 0 Å². The van der Waals surface area contributed by atoms with Crippen LogP contribution in [0.5, 0.6) is 0 Å². The standard InChI is InChI=1S/C14H22N4O/c1-10-8-13(17(3)4)16-14(15-10)12-6-5-7-18(9-12)11(2)19/h8,12H,5-7,9H2,1-4H3/t12-/m0/s1. The lowest BCUT2D eigenvalue weighted by molar-refractivity contribution is -0.130. The number of anilines is 1. The molecule has 0 N–H and O–H groups in total. The van der Waals surface area contributed by atoms with Crippen LogP contribution in [0.4, 0.5) is 5.82 Å². The van der Waals surface area contributed by atoms with Crippen molar-refractivity contribution in [3.63, 3.8) is 0 Å². The van der Waals surface area contributed by atoms with E-state index in [1.54, 1.807) is 6.92 Å². The molecule has 1 aromatic heterocycles. The third kappa shape index (κ3) is 3.22. The molecule has 1 aliphatic heterocycles. The zero-order chi connectivity index (χ0) is 14.0. The van der Waals surface area contributed by atoms with E-state index in [0.29, 0.717) is 0 Å². The fraction of sp³-hybridized carbons (Fsp3) is 0.643. The van der Waals surface area contributed by atoms with Gasteiger partial charge in [0, 0.05) is 51.8 Å². The van der Waals surface area contributed by atoms with E-state index in [0.717, 1.165) is 43.3 Å². The SMILES string of the molecule is CC(=O)N1CCC[C@H](c2nc(C)cc(N(C)C)n2)C1. The van der Waals surface area contributed by atoms with Crippen molar-refractivity contribution in [3.8, 4) is 0 Å². The van der Waals surface area contributed by atoms with Gasteiger partial charge < -0.3 is 9.80 Å². The molecular formula is C14H22N4O. The minimum Gasteiger partial charge on any atom is -0.363 e. The normalized spacial score (nSPS) is 19.4. The van der Waals surface area contributed by atoms with Crippen molar-refractivity contribution in [3.05, 3.63) is 17.6 Å². The molecule has 1 amide bonds. The molecule has 1 aliphatic rings. The lowest BCUT2D eigenvalue weighted by atomic mass is 9.97. The van der Waals surface area contributed by atoms with Gasteiger partial charge in [0.25, 0.3) is 0 Å². The van der Waals surface area contributed by atoms with Crippen LogP contribution in [0.2, 0.25) is 0 Å². The Labute approximate surface area is 114 Å². The summed E-state index contributed by atoms with van der Waals surface area (Å²) in [6.07, 6.45) is 2.08. The summed E-state index contributed by atoms with van der Waals surface area (Å²) in [4.78, 5) is 24.6. The second-order valence-electron chi connectivity index (χ2n) is 5.42. The molecular weight excluding hydrogens is 240 g/mol. The number of nitrogens with zero attached hydrogens (tertiary/aromatic N) is 4. The average Bonchev–Trinajstić information content (AvgIpc) is 2.38. The maximum Gasteiger partial charge on any atom is 0.219 e. The Morgan fingerprint density at radius 1 is 1.42 bits per heavy atom. The van der Waals surface area contributed by atoms with Gasteiger partial charge in [0.2, 0.25) is 5.91 Å². The molecule has 1 fully saturated rings. The molecule has 2 heterocycles. The summed E-state index contributed by atoms with van der Waals surface area (Å²) < 4.78 is 0. The molecule has 0 bridgehead atoms. The molecule has 104 valence electrons. The number of carbonyl (C=O) groups is 1. The summed E-state index contributed by atoms with van der Waals surface area (Å²) in [5.74, 6) is 2.21. The van der Waals surface area contributed by atoms with E-state index in [4.69, 9.17) is 0 Å². The Bertz CT molecular complexity index is 473. The van der Waals surface area contributed by atoms with Crippen LogP contribution in [-0.4, -0.2) is 48.0 Å². The average molecular weight is 262 g/mol. The van der Waals surface area contributed by atoms with E-state index in [-0.39, 0.29) is 11.8 Å². The van der Waals surface area contributed by atoms with Crippen molar-refractivity contribution in [2.45, 2.75) is 32.6 Å². The Kier molecular flexibility index (Phi) is 4.02. The first-order valence-corrected chi connectivity index (χ1v) is 6.76. The highest BCUT2D eigenvalue weighted by molar-refractivity contribution is 5.73. The van der Waals surface area contributed by atoms with Crippen LogP contribution >= 0.6 is 0 Å². The number of aryl methyl sites for hydroxylation is 1. The summed E-state index contributed by atoms with van der Waals surface area (Å²) in [5.41, 5.74) is 0.980. The van der Waals surface area contributed by atoms with Gasteiger partial charge in [-0.25, -0.2) is 9.97 Å². The second-order valence-corrected chi connectivity index (χ2v) is 5.42. The molecule has 1 atom stereocenters. The Balaban J connectivity index is 2.23. The molecule has 0 aliphatic carbocycles. The summed E-state index contributed by atoms with van der Waals surface area (Å²) >= 11 is 0. The number of piperidine rings is 1. The van der Waals surface area contributed by atoms with Gasteiger partial charge in [-0.1, -0.05) is 0 Å². The number of rotatable bonds is 2. The van der Waals surface area contributed by atoms with E-state index < -0.39 is 0 Å². The maximum atomic E-state index is 11.5. The van der Waals surface area contributed by atoms with Crippen molar-refractivity contribution in [1.29, 1.82) is 0 Å². The van der Waals surface area contributed by atoms with E-state index >= 15 is 0 Å². The summed E-state index contributed by atoms with van der Waals surface area (Å²) in [7, 11) is 3.96. The number of likely N-dealkylation sites (tertiary alicyclic amines) is 1. The van der Waals surface area contributed by atoms with Gasteiger partial charge in [-0.15, -0.1) is 0 Å². The highest BCUT2D eigenvalue weighted by Gasteiger charge is 2.25. The molecule has 2 rings (SSSR count). The number of hydrogen-bond acceptors (Lipinski definition) is 4. The number of amides is 1. The molecule has 0 aromatic carbocycles. The minimum atomic E-state index is 0.144. The molecule has 1 aromatic rings. The second kappa shape index (κ2) is 5.55. The smallest absolute Gasteiger partial charge is 0.219 e. The van der Waals surface area contributed by atoms with Crippen LogP contribution < -0.4 is 4.90 Å². The molecule has 0 radical (unpaired) electrons. The molecule has 0 spiro atoms. The van der Waals surface area contributed by atoms with Crippen molar-refractivity contribution in [1.82, 2.24) is 14.9 Å². The highest BCUT2D eigenvalue weighted by Crippen LogP contribution is 2.26. The molecule has 5 heteroatoms. The lowest BCUT2D eigenvalue weighted by Crippen LogP contribution is -2.38. The van der Waals surface area contributed by atoms with Gasteiger partial charge in [0.15, 0.2) is 0 Å². The lowest BCUT2D eigenvalue weighted by Gasteiger charge is -2.31. The minimum absolute atomic E-state index is 0.144. The first kappa shape index (κ1) is 13.8. The zero-order valence-electron chi connectivity index (χ0n) is 12.2. The van der Waals surface area contributed by atoms with Crippen molar-refractivity contribution in [2.24, 2.45) is 0 Å². The fourth-order valence-electron chi connectivity index (χ4n) is 2.46. The Morgan fingerprint density at radius 3 is 2.79 bits per heavy atom. The van der Waals surface area contributed by atoms with Gasteiger partial charge >= 0.3 is 0 Å². The van der Waals surface area contributed by atoms with E-state index in [1.807, 2.05) is 36.9 Å². The highest BCUT2D eigenvalue weighted by atomic mass is 16.2. The van der Waals surface area contributed by atoms with Crippen molar-refractivity contribution >= 4 is 11.7 Å². The van der Waals surface area contributed by atoms with Crippen molar-refractivity contribution in [2.75, 3.05) is 32.1 Å². The first-order chi connectivity index (χ1) is 8.97. The molecule has 5 nitrogen and oxygen atoms in total. The predicted octanol–water partition coefficient (Wildman–Crippen LogP) is 1.58. The molecule has 0 saturated carbocycles. The molecule has 0 unspecified atom stereocenters. The van der Waals surface area contributed by atoms with Gasteiger partial charge in [0.05, 0.1) is 0 Å². The quantitative estimate of drug-likeness (QED) is 0.812. The van der Waals surface area contributed by atoms with Crippen LogP contribution in [0.1, 0.15) is 37.2 Å². The third-order valence-corrected chi connectivity index (χ3v) is 3.55. The largest absolute Gasteiger partial charge is 0.363 e. The monoisotopic (exact) mass is 262 g/mol. The fourth-order valence-corrected chi connectivity index (χ4v) is 2.46. The van der Waals surface area contributed by atoms with Gasteiger partial charge in [0.1, 0.15) is 11.6 Å². The number of aromatic nitrogens is 2. The van der Waals surface area contributed by atoms with Crippen LogP contribution in [0.15, 0.2) is 6.07 Å².